The van der Waals surface area contributed by atoms with Crippen molar-refractivity contribution < 1.29 is 12.9 Å². The molecule has 0 amide bonds. The molecular weight excluding hydrogens is 400 g/mol. The molecular formula is C17H26N6O3S2. The lowest BCUT2D eigenvalue weighted by molar-refractivity contribution is 0.260. The first-order chi connectivity index (χ1) is 13.5. The van der Waals surface area contributed by atoms with Crippen LogP contribution < -0.4 is 5.32 Å². The van der Waals surface area contributed by atoms with Crippen molar-refractivity contribution >= 4 is 27.3 Å². The average molecular weight is 427 g/mol. The largest absolute Gasteiger partial charge is 0.364 e. The molecule has 1 N–H and O–H groups in total. The predicted molar refractivity (Wildman–Crippen MR) is 109 cm³/mol. The van der Waals surface area contributed by atoms with Gasteiger partial charge in [0.1, 0.15) is 12.0 Å². The molecule has 3 heterocycles. The molecule has 3 rings (SSSR count). The number of guanidine groups is 1. The topological polar surface area (TPSA) is 104 Å². The Bertz CT molecular complexity index is 871. The van der Waals surface area contributed by atoms with Crippen LogP contribution in [0.5, 0.6) is 0 Å². The van der Waals surface area contributed by atoms with E-state index in [1.165, 1.54) is 10.6 Å². The van der Waals surface area contributed by atoms with Crippen molar-refractivity contribution in [2.45, 2.75) is 26.0 Å². The third-order valence-electron chi connectivity index (χ3n) is 4.38. The Balaban J connectivity index is 1.55. The van der Waals surface area contributed by atoms with Crippen molar-refractivity contribution in [2.24, 2.45) is 4.99 Å². The summed E-state index contributed by atoms with van der Waals surface area (Å²) >= 11 is 1.65. The fraction of sp³-hybridized carbons (Fsp3) is 0.588. The number of sulfonamides is 1. The van der Waals surface area contributed by atoms with E-state index < -0.39 is 10.0 Å². The maximum atomic E-state index is 12.6. The molecule has 2 aromatic rings. The molecule has 0 atom stereocenters. The molecule has 1 saturated heterocycles. The fourth-order valence-corrected chi connectivity index (χ4v) is 5.07. The molecule has 1 aliphatic rings. The van der Waals surface area contributed by atoms with Crippen LogP contribution in [0.4, 0.5) is 0 Å². The van der Waals surface area contributed by atoms with E-state index in [-0.39, 0.29) is 5.75 Å². The normalized spacial score (nSPS) is 16.5. The van der Waals surface area contributed by atoms with Crippen LogP contribution in [0, 0.1) is 6.92 Å². The summed E-state index contributed by atoms with van der Waals surface area (Å²) in [5.74, 6) is 0.688. The van der Waals surface area contributed by atoms with Gasteiger partial charge in [-0.2, -0.15) is 4.31 Å². The zero-order valence-corrected chi connectivity index (χ0v) is 17.8. The highest BCUT2D eigenvalue weighted by atomic mass is 32.2. The zero-order chi connectivity index (χ0) is 20.0. The molecule has 1 fully saturated rings. The van der Waals surface area contributed by atoms with E-state index in [0.29, 0.717) is 38.4 Å². The number of aliphatic imine (C=N–C) groups is 1. The highest BCUT2D eigenvalue weighted by Crippen LogP contribution is 2.13. The summed E-state index contributed by atoms with van der Waals surface area (Å²) in [5, 5.41) is 10.1. The van der Waals surface area contributed by atoms with Crippen molar-refractivity contribution in [2.75, 3.05) is 39.3 Å². The minimum absolute atomic E-state index is 0.134. The molecule has 0 saturated carbocycles. The van der Waals surface area contributed by atoms with Gasteiger partial charge < -0.3 is 14.7 Å². The molecule has 1 aliphatic heterocycles. The van der Waals surface area contributed by atoms with Crippen LogP contribution in [0.3, 0.4) is 0 Å². The van der Waals surface area contributed by atoms with Gasteiger partial charge in [0.25, 0.3) is 0 Å². The average Bonchev–Trinajstić information content (AvgIpc) is 3.32. The number of nitrogens with zero attached hydrogens (tertiary/aromatic N) is 5. The molecule has 154 valence electrons. The van der Waals surface area contributed by atoms with Crippen molar-refractivity contribution in [3.63, 3.8) is 0 Å². The SMILES string of the molecule is CCNC(=NCCc1csc(C)n1)N1CCN(S(=O)(=O)Cc2ccon2)CC1. The Labute approximate surface area is 169 Å². The Kier molecular flexibility index (Phi) is 7.03. The van der Waals surface area contributed by atoms with E-state index in [1.807, 2.05) is 13.8 Å². The molecule has 2 aromatic heterocycles. The molecule has 28 heavy (non-hydrogen) atoms. The Morgan fingerprint density at radius 3 is 2.71 bits per heavy atom. The summed E-state index contributed by atoms with van der Waals surface area (Å²) in [4.78, 5) is 11.3. The van der Waals surface area contributed by atoms with Gasteiger partial charge in [-0.05, 0) is 13.8 Å². The van der Waals surface area contributed by atoms with Crippen molar-refractivity contribution in [3.8, 4) is 0 Å². The molecule has 0 spiro atoms. The number of aryl methyl sites for hydroxylation is 1. The van der Waals surface area contributed by atoms with Gasteiger partial charge in [0, 0.05) is 57.1 Å². The monoisotopic (exact) mass is 426 g/mol. The van der Waals surface area contributed by atoms with Gasteiger partial charge in [0.2, 0.25) is 10.0 Å². The van der Waals surface area contributed by atoms with Gasteiger partial charge in [0.15, 0.2) is 5.96 Å². The quantitative estimate of drug-likeness (QED) is 0.522. The van der Waals surface area contributed by atoms with Crippen LogP contribution in [0.15, 0.2) is 27.2 Å². The van der Waals surface area contributed by atoms with Gasteiger partial charge in [-0.15, -0.1) is 11.3 Å². The first-order valence-electron chi connectivity index (χ1n) is 9.29. The van der Waals surface area contributed by atoms with Gasteiger partial charge in [-0.3, -0.25) is 4.99 Å². The number of thiazole rings is 1. The molecule has 9 nitrogen and oxygen atoms in total. The van der Waals surface area contributed by atoms with E-state index >= 15 is 0 Å². The van der Waals surface area contributed by atoms with E-state index in [9.17, 15) is 8.42 Å². The van der Waals surface area contributed by atoms with Crippen molar-refractivity contribution in [1.82, 2.24) is 24.7 Å². The zero-order valence-electron chi connectivity index (χ0n) is 16.2. The lowest BCUT2D eigenvalue weighted by Gasteiger charge is -2.35. The van der Waals surface area contributed by atoms with Gasteiger partial charge >= 0.3 is 0 Å². The third kappa shape index (κ3) is 5.52. The molecule has 0 aromatic carbocycles. The van der Waals surface area contributed by atoms with Crippen molar-refractivity contribution in [3.05, 3.63) is 34.1 Å². The number of hydrogen-bond acceptors (Lipinski definition) is 7. The molecule has 0 bridgehead atoms. The predicted octanol–water partition coefficient (Wildman–Crippen LogP) is 1.10. The summed E-state index contributed by atoms with van der Waals surface area (Å²) < 4.78 is 31.4. The van der Waals surface area contributed by atoms with Crippen LogP contribution in [0.2, 0.25) is 0 Å². The van der Waals surface area contributed by atoms with Gasteiger partial charge in [0.05, 0.1) is 16.4 Å². The summed E-state index contributed by atoms with van der Waals surface area (Å²) in [6.07, 6.45) is 2.18. The maximum absolute atomic E-state index is 12.6. The maximum Gasteiger partial charge on any atom is 0.220 e. The van der Waals surface area contributed by atoms with Crippen molar-refractivity contribution in [1.29, 1.82) is 0 Å². The van der Waals surface area contributed by atoms with E-state index in [0.717, 1.165) is 29.6 Å². The van der Waals surface area contributed by atoms with Crippen LogP contribution >= 0.6 is 11.3 Å². The fourth-order valence-electron chi connectivity index (χ4n) is 2.99. The molecule has 0 aliphatic carbocycles. The van der Waals surface area contributed by atoms with E-state index in [2.05, 4.69) is 25.7 Å². The number of rotatable bonds is 7. The lowest BCUT2D eigenvalue weighted by atomic mass is 10.3. The van der Waals surface area contributed by atoms with E-state index in [4.69, 9.17) is 9.52 Å². The highest BCUT2D eigenvalue weighted by Gasteiger charge is 2.28. The standard InChI is InChI=1S/C17H26N6O3S2/c1-3-18-17(19-6-4-15-12-27-14(2)20-15)22-7-9-23(10-8-22)28(24,25)13-16-5-11-26-21-16/h5,11-12H,3-4,6-10,13H2,1-2H3,(H,18,19). The summed E-state index contributed by atoms with van der Waals surface area (Å²) in [7, 11) is -3.40. The Morgan fingerprint density at radius 2 is 2.11 bits per heavy atom. The number of nitrogens with one attached hydrogen (secondary N) is 1. The number of piperazine rings is 1. The van der Waals surface area contributed by atoms with E-state index in [1.54, 1.807) is 17.4 Å². The number of hydrogen-bond donors (Lipinski definition) is 1. The van der Waals surface area contributed by atoms with Crippen LogP contribution in [-0.4, -0.2) is 73.0 Å². The minimum Gasteiger partial charge on any atom is -0.364 e. The second-order valence-electron chi connectivity index (χ2n) is 6.48. The Morgan fingerprint density at radius 1 is 1.32 bits per heavy atom. The second kappa shape index (κ2) is 9.48. The first-order valence-corrected chi connectivity index (χ1v) is 11.8. The second-order valence-corrected chi connectivity index (χ2v) is 9.51. The Hall–Kier alpha value is -1.98. The van der Waals surface area contributed by atoms with Crippen LogP contribution in [0.1, 0.15) is 23.3 Å². The highest BCUT2D eigenvalue weighted by molar-refractivity contribution is 7.88. The smallest absolute Gasteiger partial charge is 0.220 e. The lowest BCUT2D eigenvalue weighted by Crippen LogP contribution is -2.54. The first kappa shape index (κ1) is 20.7. The number of aromatic nitrogens is 2. The molecule has 11 heteroatoms. The third-order valence-corrected chi connectivity index (χ3v) is 7.02. The summed E-state index contributed by atoms with van der Waals surface area (Å²) in [6, 6.07) is 1.58. The van der Waals surface area contributed by atoms with Gasteiger partial charge in [-0.1, -0.05) is 5.16 Å². The summed E-state index contributed by atoms with van der Waals surface area (Å²) in [5.41, 5.74) is 1.49. The molecule has 0 unspecified atom stereocenters. The molecule has 0 radical (unpaired) electrons. The van der Waals surface area contributed by atoms with Gasteiger partial charge in [-0.25, -0.2) is 13.4 Å². The minimum atomic E-state index is -3.40. The summed E-state index contributed by atoms with van der Waals surface area (Å²) in [6.45, 7) is 7.48. The van der Waals surface area contributed by atoms with Crippen LogP contribution in [0.25, 0.3) is 0 Å². The van der Waals surface area contributed by atoms with Crippen LogP contribution in [-0.2, 0) is 22.2 Å².